The maximum absolute atomic E-state index is 13.6. The predicted octanol–water partition coefficient (Wildman–Crippen LogP) is 6.06. The molecule has 0 unspecified atom stereocenters. The van der Waals surface area contributed by atoms with Crippen molar-refractivity contribution in [1.82, 2.24) is 4.90 Å². The van der Waals surface area contributed by atoms with Crippen LogP contribution in [0.25, 0.3) is 0 Å². The van der Waals surface area contributed by atoms with Gasteiger partial charge in [-0.25, -0.2) is 0 Å². The van der Waals surface area contributed by atoms with E-state index in [1.54, 1.807) is 0 Å². The van der Waals surface area contributed by atoms with Crippen molar-refractivity contribution < 1.29 is 9.59 Å². The molecule has 2 aromatic carbocycles. The molecule has 5 nitrogen and oxygen atoms in total. The van der Waals surface area contributed by atoms with Gasteiger partial charge in [-0.2, -0.15) is 0 Å². The van der Waals surface area contributed by atoms with Crippen LogP contribution in [0.1, 0.15) is 70.9 Å². The third-order valence-corrected chi connectivity index (χ3v) is 5.61. The lowest BCUT2D eigenvalue weighted by Gasteiger charge is -2.29. The summed E-state index contributed by atoms with van der Waals surface area (Å²) in [6, 6.07) is 16.0. The molecule has 1 atom stereocenters. The van der Waals surface area contributed by atoms with Crippen LogP contribution in [0.2, 0.25) is 0 Å². The fraction of sp³-hybridized carbons (Fsp3) is 0.500. The van der Waals surface area contributed by atoms with E-state index in [4.69, 9.17) is 0 Å². The smallest absolute Gasteiger partial charge is 0.230 e. The molecule has 2 rings (SSSR count). The first kappa shape index (κ1) is 26.4. The second-order valence-electron chi connectivity index (χ2n) is 10.2. The van der Waals surface area contributed by atoms with Crippen molar-refractivity contribution in [2.75, 3.05) is 30.9 Å². The number of amides is 2. The first-order valence-corrected chi connectivity index (χ1v) is 12.0. The Balaban J connectivity index is 2.32. The summed E-state index contributed by atoms with van der Waals surface area (Å²) in [4.78, 5) is 30.1. The molecule has 2 amide bonds. The standard InChI is InChI=1S/C28H41N3O2/c1-8-17-31(27(33)24(9-2)21-13-11-10-12-14-21)20-22-18-23(15-16-25(22)30(6)7)29-26(32)19-28(3,4)5/h10-16,18,24H,8-9,17,19-20H2,1-7H3,(H,29,32)/t24-/m0/s1. The lowest BCUT2D eigenvalue weighted by atomic mass is 9.92. The Labute approximate surface area is 200 Å². The van der Waals surface area contributed by atoms with Crippen LogP contribution in [0.5, 0.6) is 0 Å². The zero-order chi connectivity index (χ0) is 24.6. The van der Waals surface area contributed by atoms with E-state index in [1.807, 2.05) is 67.5 Å². The average Bonchev–Trinajstić information content (AvgIpc) is 2.73. The molecule has 0 aromatic heterocycles. The molecule has 0 radical (unpaired) electrons. The summed E-state index contributed by atoms with van der Waals surface area (Å²) in [5, 5.41) is 3.04. The fourth-order valence-corrected chi connectivity index (χ4v) is 4.11. The molecule has 0 aliphatic rings. The first-order valence-electron chi connectivity index (χ1n) is 12.0. The molecular weight excluding hydrogens is 410 g/mol. The molecule has 5 heteroatoms. The van der Waals surface area contributed by atoms with E-state index in [0.717, 1.165) is 35.3 Å². The highest BCUT2D eigenvalue weighted by Crippen LogP contribution is 2.28. The number of benzene rings is 2. The van der Waals surface area contributed by atoms with Crippen LogP contribution in [-0.4, -0.2) is 37.4 Å². The highest BCUT2D eigenvalue weighted by Gasteiger charge is 2.25. The van der Waals surface area contributed by atoms with Crippen molar-refractivity contribution in [2.24, 2.45) is 5.41 Å². The third kappa shape index (κ3) is 7.92. The zero-order valence-electron chi connectivity index (χ0n) is 21.4. The Morgan fingerprint density at radius 3 is 2.21 bits per heavy atom. The van der Waals surface area contributed by atoms with E-state index in [2.05, 4.69) is 44.8 Å². The van der Waals surface area contributed by atoms with Gasteiger partial charge in [-0.1, -0.05) is 65.0 Å². The molecule has 0 bridgehead atoms. The Kier molecular flexibility index (Phi) is 9.51. The molecule has 0 aliphatic carbocycles. The van der Waals surface area contributed by atoms with Crippen molar-refractivity contribution in [1.29, 1.82) is 0 Å². The summed E-state index contributed by atoms with van der Waals surface area (Å²) >= 11 is 0. The molecule has 180 valence electrons. The number of carbonyl (C=O) groups is 2. The molecule has 33 heavy (non-hydrogen) atoms. The van der Waals surface area contributed by atoms with E-state index < -0.39 is 0 Å². The second kappa shape index (κ2) is 11.9. The van der Waals surface area contributed by atoms with Crippen LogP contribution < -0.4 is 10.2 Å². The lowest BCUT2D eigenvalue weighted by molar-refractivity contribution is -0.133. The summed E-state index contributed by atoms with van der Waals surface area (Å²) in [7, 11) is 4.00. The van der Waals surface area contributed by atoms with E-state index in [0.29, 0.717) is 19.5 Å². The highest BCUT2D eigenvalue weighted by molar-refractivity contribution is 5.91. The van der Waals surface area contributed by atoms with Gasteiger partial charge in [0, 0.05) is 45.0 Å². The van der Waals surface area contributed by atoms with Gasteiger partial charge in [-0.15, -0.1) is 0 Å². The van der Waals surface area contributed by atoms with Gasteiger partial charge in [0.25, 0.3) is 0 Å². The number of hydrogen-bond donors (Lipinski definition) is 1. The molecule has 0 spiro atoms. The molecule has 0 aliphatic heterocycles. The Bertz CT molecular complexity index is 916. The van der Waals surface area contributed by atoms with Gasteiger partial charge in [0.1, 0.15) is 0 Å². The Morgan fingerprint density at radius 2 is 1.67 bits per heavy atom. The minimum Gasteiger partial charge on any atom is -0.377 e. The van der Waals surface area contributed by atoms with Gasteiger partial charge < -0.3 is 15.1 Å². The van der Waals surface area contributed by atoms with Gasteiger partial charge in [0.15, 0.2) is 0 Å². The van der Waals surface area contributed by atoms with Gasteiger partial charge in [0.2, 0.25) is 11.8 Å². The second-order valence-corrected chi connectivity index (χ2v) is 10.2. The summed E-state index contributed by atoms with van der Waals surface area (Å²) in [5.41, 5.74) is 3.82. The van der Waals surface area contributed by atoms with Crippen LogP contribution in [-0.2, 0) is 16.1 Å². The Hall–Kier alpha value is -2.82. The first-order chi connectivity index (χ1) is 15.6. The number of anilines is 2. The third-order valence-electron chi connectivity index (χ3n) is 5.61. The average molecular weight is 452 g/mol. The van der Waals surface area contributed by atoms with Gasteiger partial charge in [-0.05, 0) is 47.6 Å². The maximum atomic E-state index is 13.6. The van der Waals surface area contributed by atoms with Crippen LogP contribution in [0.3, 0.4) is 0 Å². The SMILES string of the molecule is CCCN(Cc1cc(NC(=O)CC(C)(C)C)ccc1N(C)C)C(=O)[C@@H](CC)c1ccccc1. The number of nitrogens with one attached hydrogen (secondary N) is 1. The van der Waals surface area contributed by atoms with Crippen LogP contribution in [0, 0.1) is 5.41 Å². The molecule has 1 N–H and O–H groups in total. The van der Waals surface area contributed by atoms with Gasteiger partial charge in [-0.3, -0.25) is 9.59 Å². The highest BCUT2D eigenvalue weighted by atomic mass is 16.2. The molecule has 0 fully saturated rings. The summed E-state index contributed by atoms with van der Waals surface area (Å²) < 4.78 is 0. The minimum absolute atomic E-state index is 0.00247. The number of rotatable bonds is 10. The lowest BCUT2D eigenvalue weighted by Crippen LogP contribution is -2.35. The van der Waals surface area contributed by atoms with Crippen molar-refractivity contribution in [3.63, 3.8) is 0 Å². The summed E-state index contributed by atoms with van der Waals surface area (Å²) in [6.45, 7) is 11.5. The maximum Gasteiger partial charge on any atom is 0.230 e. The van der Waals surface area contributed by atoms with Gasteiger partial charge in [0.05, 0.1) is 5.92 Å². The summed E-state index contributed by atoms with van der Waals surface area (Å²) in [5.74, 6) is -0.00433. The minimum atomic E-state index is -0.157. The van der Waals surface area contributed by atoms with Crippen molar-refractivity contribution in [3.05, 3.63) is 59.7 Å². The topological polar surface area (TPSA) is 52.7 Å². The van der Waals surface area contributed by atoms with Crippen molar-refractivity contribution in [3.8, 4) is 0 Å². The van der Waals surface area contributed by atoms with E-state index >= 15 is 0 Å². The fourth-order valence-electron chi connectivity index (χ4n) is 4.11. The van der Waals surface area contributed by atoms with Crippen LogP contribution in [0.15, 0.2) is 48.5 Å². The normalized spacial score (nSPS) is 12.2. The quantitative estimate of drug-likeness (QED) is 0.478. The summed E-state index contributed by atoms with van der Waals surface area (Å²) in [6.07, 6.45) is 2.09. The Morgan fingerprint density at radius 1 is 1.00 bits per heavy atom. The molecule has 0 saturated heterocycles. The number of hydrogen-bond acceptors (Lipinski definition) is 3. The molecule has 2 aromatic rings. The van der Waals surface area contributed by atoms with E-state index in [-0.39, 0.29) is 23.1 Å². The van der Waals surface area contributed by atoms with Crippen molar-refractivity contribution in [2.45, 2.75) is 66.3 Å². The van der Waals surface area contributed by atoms with Crippen LogP contribution >= 0.6 is 0 Å². The van der Waals surface area contributed by atoms with Crippen molar-refractivity contribution >= 4 is 23.2 Å². The largest absolute Gasteiger partial charge is 0.377 e. The molecule has 0 saturated carbocycles. The monoisotopic (exact) mass is 451 g/mol. The van der Waals surface area contributed by atoms with Crippen LogP contribution in [0.4, 0.5) is 11.4 Å². The van der Waals surface area contributed by atoms with Gasteiger partial charge >= 0.3 is 0 Å². The number of nitrogens with zero attached hydrogens (tertiary/aromatic N) is 2. The zero-order valence-corrected chi connectivity index (χ0v) is 21.4. The molecular formula is C28H41N3O2. The van der Waals surface area contributed by atoms with E-state index in [9.17, 15) is 9.59 Å². The number of carbonyl (C=O) groups excluding carboxylic acids is 2. The van der Waals surface area contributed by atoms with E-state index in [1.165, 1.54) is 0 Å². The predicted molar refractivity (Wildman–Crippen MR) is 139 cm³/mol. The molecule has 0 heterocycles.